The second kappa shape index (κ2) is 16.8. The third-order valence-electron chi connectivity index (χ3n) is 3.53. The van der Waals surface area contributed by atoms with Gasteiger partial charge in [0.05, 0.1) is 0 Å². The van der Waals surface area contributed by atoms with Gasteiger partial charge in [0, 0.05) is 29.1 Å². The zero-order valence-electron chi connectivity index (χ0n) is 14.1. The molecule has 1 fully saturated rings. The number of hydrogen-bond acceptors (Lipinski definition) is 6. The average Bonchev–Trinajstić information content (AvgIpc) is 3.02. The summed E-state index contributed by atoms with van der Waals surface area (Å²) in [6, 6.07) is 0. The van der Waals surface area contributed by atoms with Crippen molar-refractivity contribution in [2.45, 2.75) is 74.7 Å². The first-order chi connectivity index (χ1) is 11.5. The number of carbonyl (C=O) groups is 2. The molecule has 0 spiro atoms. The summed E-state index contributed by atoms with van der Waals surface area (Å²) in [5.41, 5.74) is 0. The third kappa shape index (κ3) is 17.2. The van der Waals surface area contributed by atoms with Crippen molar-refractivity contribution >= 4 is 58.8 Å². The first-order valence-electron chi connectivity index (χ1n) is 8.46. The summed E-state index contributed by atoms with van der Waals surface area (Å²) < 4.78 is 0. The number of aliphatic carboxylic acids is 2. The Hall–Kier alpha value is 0.340. The Balaban J connectivity index is 0.000000441. The summed E-state index contributed by atoms with van der Waals surface area (Å²) >= 11 is 8.43. The van der Waals surface area contributed by atoms with Crippen LogP contribution < -0.4 is 0 Å². The van der Waals surface area contributed by atoms with Crippen molar-refractivity contribution < 1.29 is 19.8 Å². The molecule has 1 heterocycles. The molecule has 1 aliphatic heterocycles. The average molecular weight is 415 g/mol. The zero-order chi connectivity index (χ0) is 18.2. The van der Waals surface area contributed by atoms with E-state index in [9.17, 15) is 9.59 Å². The lowest BCUT2D eigenvalue weighted by atomic mass is 10.1. The fourth-order valence-electron chi connectivity index (χ4n) is 2.16. The van der Waals surface area contributed by atoms with Crippen LogP contribution >= 0.6 is 46.8 Å². The van der Waals surface area contributed by atoms with Crippen molar-refractivity contribution in [2.75, 3.05) is 11.5 Å². The summed E-state index contributed by atoms with van der Waals surface area (Å²) in [6.45, 7) is 0. The highest BCUT2D eigenvalue weighted by Gasteiger charge is 2.15. The topological polar surface area (TPSA) is 74.6 Å². The van der Waals surface area contributed by atoms with E-state index in [4.69, 9.17) is 10.2 Å². The Morgan fingerprint density at radius 1 is 1.04 bits per heavy atom. The summed E-state index contributed by atoms with van der Waals surface area (Å²) in [4.78, 5) is 20.3. The second-order valence-electron chi connectivity index (χ2n) is 5.77. The van der Waals surface area contributed by atoms with Crippen molar-refractivity contribution in [3.05, 3.63) is 0 Å². The fourth-order valence-corrected chi connectivity index (χ4v) is 6.02. The number of carboxylic acid groups (broad SMARTS) is 2. The van der Waals surface area contributed by atoms with Gasteiger partial charge in [-0.15, -0.1) is 0 Å². The zero-order valence-corrected chi connectivity index (χ0v) is 17.5. The second-order valence-corrected chi connectivity index (χ2v) is 9.74. The predicted molar refractivity (Wildman–Crippen MR) is 112 cm³/mol. The first-order valence-corrected chi connectivity index (χ1v) is 12.0. The van der Waals surface area contributed by atoms with Gasteiger partial charge in [0.2, 0.25) is 0 Å². The lowest BCUT2D eigenvalue weighted by molar-refractivity contribution is -0.138. The Labute approximate surface area is 164 Å². The molecule has 1 rings (SSSR count). The Kier molecular flexibility index (Phi) is 17.0. The van der Waals surface area contributed by atoms with Crippen molar-refractivity contribution in [1.29, 1.82) is 0 Å². The molecule has 0 aromatic rings. The van der Waals surface area contributed by atoms with Crippen molar-refractivity contribution in [2.24, 2.45) is 0 Å². The molecule has 0 saturated carbocycles. The lowest BCUT2D eigenvalue weighted by Crippen LogP contribution is -2.00. The van der Waals surface area contributed by atoms with Crippen LogP contribution in [-0.4, -0.2) is 44.2 Å². The van der Waals surface area contributed by atoms with E-state index in [-0.39, 0.29) is 6.42 Å². The van der Waals surface area contributed by atoms with E-state index in [1.807, 2.05) is 21.6 Å². The summed E-state index contributed by atoms with van der Waals surface area (Å²) in [5.74, 6) is 0.754. The molecule has 1 aliphatic rings. The van der Waals surface area contributed by atoms with Crippen LogP contribution in [-0.2, 0) is 9.59 Å². The van der Waals surface area contributed by atoms with Crippen molar-refractivity contribution in [3.63, 3.8) is 0 Å². The van der Waals surface area contributed by atoms with Gasteiger partial charge in [0.15, 0.2) is 0 Å². The summed E-state index contributed by atoms with van der Waals surface area (Å²) in [7, 11) is 3.92. The van der Waals surface area contributed by atoms with Gasteiger partial charge in [-0.3, -0.25) is 9.59 Å². The van der Waals surface area contributed by atoms with Gasteiger partial charge in [-0.2, -0.15) is 25.3 Å². The number of rotatable bonds is 12. The van der Waals surface area contributed by atoms with Crippen LogP contribution in [0.15, 0.2) is 0 Å². The Bertz CT molecular complexity index is 336. The molecule has 2 atom stereocenters. The van der Waals surface area contributed by atoms with E-state index in [0.717, 1.165) is 49.5 Å². The van der Waals surface area contributed by atoms with Crippen LogP contribution in [0.3, 0.4) is 0 Å². The Morgan fingerprint density at radius 2 is 1.67 bits per heavy atom. The highest BCUT2D eigenvalue weighted by molar-refractivity contribution is 8.77. The molecule has 0 aliphatic carbocycles. The van der Waals surface area contributed by atoms with Gasteiger partial charge in [-0.05, 0) is 44.3 Å². The van der Waals surface area contributed by atoms with Crippen LogP contribution in [0.2, 0.25) is 0 Å². The van der Waals surface area contributed by atoms with Gasteiger partial charge < -0.3 is 10.2 Å². The molecule has 2 N–H and O–H groups in total. The van der Waals surface area contributed by atoms with Gasteiger partial charge in [0.25, 0.3) is 0 Å². The maximum atomic E-state index is 10.2. The molecule has 8 heteroatoms. The molecular formula is C16H30O4S4. The van der Waals surface area contributed by atoms with Crippen LogP contribution in [0.25, 0.3) is 0 Å². The molecule has 0 bridgehead atoms. The minimum absolute atomic E-state index is 0.279. The lowest BCUT2D eigenvalue weighted by Gasteiger charge is -2.06. The molecule has 24 heavy (non-hydrogen) atoms. The number of unbranched alkanes of at least 4 members (excludes halogenated alkanes) is 2. The molecular weight excluding hydrogens is 384 g/mol. The van der Waals surface area contributed by atoms with Crippen LogP contribution in [0.1, 0.15) is 64.2 Å². The molecule has 4 nitrogen and oxygen atoms in total. The highest BCUT2D eigenvalue weighted by Crippen LogP contribution is 2.39. The van der Waals surface area contributed by atoms with Gasteiger partial charge in [0.1, 0.15) is 0 Å². The summed E-state index contributed by atoms with van der Waals surface area (Å²) in [5, 5.41) is 17.9. The van der Waals surface area contributed by atoms with Crippen LogP contribution in [0, 0.1) is 0 Å². The molecule has 1 saturated heterocycles. The highest BCUT2D eigenvalue weighted by atomic mass is 33.1. The van der Waals surface area contributed by atoms with E-state index in [2.05, 4.69) is 25.3 Å². The van der Waals surface area contributed by atoms with E-state index >= 15 is 0 Å². The minimum atomic E-state index is -0.708. The monoisotopic (exact) mass is 414 g/mol. The quantitative estimate of drug-likeness (QED) is 0.204. The molecule has 142 valence electrons. The largest absolute Gasteiger partial charge is 0.481 e. The molecule has 0 aromatic heterocycles. The van der Waals surface area contributed by atoms with Gasteiger partial charge in [-0.25, -0.2) is 0 Å². The standard InChI is InChI=1S/C8H14O2S2.C8H16O2S2/c9-8(10)4-2-1-3-7-5-6-11-12-7;9-8(10)4-2-1-3-7(12)5-6-11/h7H,1-6H2,(H,9,10);7,11-12H,1-6H2,(H,9,10)/t7-;/m1./s1. The van der Waals surface area contributed by atoms with E-state index in [0.29, 0.717) is 11.7 Å². The van der Waals surface area contributed by atoms with E-state index in [1.54, 1.807) is 0 Å². The Morgan fingerprint density at radius 3 is 2.17 bits per heavy atom. The van der Waals surface area contributed by atoms with E-state index < -0.39 is 11.9 Å². The number of thiol groups is 2. The third-order valence-corrected chi connectivity index (χ3v) is 7.32. The summed E-state index contributed by atoms with van der Waals surface area (Å²) in [6.07, 6.45) is 8.75. The molecule has 1 unspecified atom stereocenters. The van der Waals surface area contributed by atoms with Crippen LogP contribution in [0.4, 0.5) is 0 Å². The van der Waals surface area contributed by atoms with Gasteiger partial charge >= 0.3 is 11.9 Å². The molecule has 0 amide bonds. The number of carboxylic acids is 2. The van der Waals surface area contributed by atoms with Crippen molar-refractivity contribution in [3.8, 4) is 0 Å². The maximum absolute atomic E-state index is 10.2. The minimum Gasteiger partial charge on any atom is -0.481 e. The van der Waals surface area contributed by atoms with E-state index in [1.165, 1.54) is 18.6 Å². The predicted octanol–water partition coefficient (Wildman–Crippen LogP) is 5.03. The molecule has 0 radical (unpaired) electrons. The fraction of sp³-hybridized carbons (Fsp3) is 0.875. The van der Waals surface area contributed by atoms with Gasteiger partial charge in [-0.1, -0.05) is 34.4 Å². The first kappa shape index (κ1) is 24.3. The maximum Gasteiger partial charge on any atom is 0.303 e. The number of hydrogen-bond donors (Lipinski definition) is 4. The van der Waals surface area contributed by atoms with Crippen LogP contribution in [0.5, 0.6) is 0 Å². The van der Waals surface area contributed by atoms with Crippen molar-refractivity contribution in [1.82, 2.24) is 0 Å². The smallest absolute Gasteiger partial charge is 0.303 e. The SMILES string of the molecule is O=C(O)CCCCC(S)CCS.O=C(O)CCCC[C@@H]1CCSS1. The normalized spacial score (nSPS) is 17.8. The molecule has 0 aromatic carbocycles.